The normalized spacial score (nSPS) is 11.8. The van der Waals surface area contributed by atoms with Gasteiger partial charge in [0.1, 0.15) is 17.7 Å². The summed E-state index contributed by atoms with van der Waals surface area (Å²) in [4.78, 5) is 15.5. The summed E-state index contributed by atoms with van der Waals surface area (Å²) in [6.07, 6.45) is -0.346. The first-order chi connectivity index (χ1) is 11.5. The van der Waals surface area contributed by atoms with Crippen LogP contribution in [0.4, 0.5) is 17.1 Å². The fourth-order valence-electron chi connectivity index (χ4n) is 2.08. The smallest absolute Gasteiger partial charge is 0.292 e. The second kappa shape index (κ2) is 8.25. The minimum absolute atomic E-state index is 0.00793. The van der Waals surface area contributed by atoms with Crippen molar-refractivity contribution in [2.24, 2.45) is 5.90 Å². The maximum absolute atomic E-state index is 11.3. The monoisotopic (exact) mass is 332 g/mol. The van der Waals surface area contributed by atoms with Crippen LogP contribution >= 0.6 is 0 Å². The topological polar surface area (TPSA) is 112 Å². The van der Waals surface area contributed by atoms with Crippen LogP contribution in [-0.4, -0.2) is 18.3 Å². The summed E-state index contributed by atoms with van der Waals surface area (Å²) >= 11 is 0. The lowest BCUT2D eigenvalue weighted by Crippen LogP contribution is -2.30. The molecule has 2 aromatic carbocycles. The van der Waals surface area contributed by atoms with E-state index in [1.807, 2.05) is 0 Å². The first-order valence-corrected chi connectivity index (χ1v) is 7.31. The third kappa shape index (κ3) is 4.66. The number of nitro benzene ring substituents is 1. The van der Waals surface area contributed by atoms with Crippen molar-refractivity contribution < 1.29 is 14.5 Å². The van der Waals surface area contributed by atoms with E-state index in [1.165, 1.54) is 6.07 Å². The molecule has 0 aromatic heterocycles. The van der Waals surface area contributed by atoms with Crippen LogP contribution < -0.4 is 21.3 Å². The van der Waals surface area contributed by atoms with E-state index in [2.05, 4.69) is 15.5 Å². The number of nitro groups is 1. The molecule has 2 aromatic rings. The summed E-state index contributed by atoms with van der Waals surface area (Å²) in [5.74, 6) is 5.77. The summed E-state index contributed by atoms with van der Waals surface area (Å²) in [5.41, 5.74) is 1.89. The SMILES string of the molecule is COc1ccc(Nc2ccc(CNC(C)ON)cc2[N+](=O)[O-])cc1. The number of methoxy groups -OCH3 is 1. The van der Waals surface area contributed by atoms with Crippen molar-refractivity contribution in [1.29, 1.82) is 0 Å². The molecule has 0 amide bonds. The highest BCUT2D eigenvalue weighted by Gasteiger charge is 2.15. The maximum atomic E-state index is 11.3. The lowest BCUT2D eigenvalue weighted by atomic mass is 10.1. The first kappa shape index (κ1) is 17.7. The molecule has 0 saturated heterocycles. The molecule has 1 unspecified atom stereocenters. The van der Waals surface area contributed by atoms with E-state index in [-0.39, 0.29) is 11.9 Å². The van der Waals surface area contributed by atoms with Gasteiger partial charge < -0.3 is 10.1 Å². The van der Waals surface area contributed by atoms with Gasteiger partial charge in [0.2, 0.25) is 0 Å². The zero-order valence-electron chi connectivity index (χ0n) is 13.5. The number of hydrogen-bond acceptors (Lipinski definition) is 7. The zero-order valence-corrected chi connectivity index (χ0v) is 13.5. The van der Waals surface area contributed by atoms with Crippen LogP contribution in [0.25, 0.3) is 0 Å². The Morgan fingerprint density at radius 3 is 2.54 bits per heavy atom. The molecule has 0 radical (unpaired) electrons. The highest BCUT2D eigenvalue weighted by Crippen LogP contribution is 2.29. The highest BCUT2D eigenvalue weighted by atomic mass is 16.6. The second-order valence-electron chi connectivity index (χ2n) is 5.12. The standard InChI is InChI=1S/C16H20N4O4/c1-11(24-17)18-10-12-3-8-15(16(9-12)20(21)22)19-13-4-6-14(23-2)7-5-13/h3-9,11,18-19H,10,17H2,1-2H3. The molecular formula is C16H20N4O4. The summed E-state index contributed by atoms with van der Waals surface area (Å²) < 4.78 is 5.09. The number of rotatable bonds is 8. The molecule has 0 bridgehead atoms. The molecule has 0 aliphatic heterocycles. The molecule has 128 valence electrons. The van der Waals surface area contributed by atoms with Gasteiger partial charge in [-0.2, -0.15) is 0 Å². The predicted molar refractivity (Wildman–Crippen MR) is 90.9 cm³/mol. The summed E-state index contributed by atoms with van der Waals surface area (Å²) in [6, 6.07) is 12.1. The summed E-state index contributed by atoms with van der Waals surface area (Å²) in [5, 5.41) is 17.4. The van der Waals surface area contributed by atoms with Crippen LogP contribution in [0.15, 0.2) is 42.5 Å². The van der Waals surface area contributed by atoms with Crippen molar-refractivity contribution in [1.82, 2.24) is 5.32 Å². The Bertz CT molecular complexity index is 691. The van der Waals surface area contributed by atoms with Crippen LogP contribution in [-0.2, 0) is 11.4 Å². The molecular weight excluding hydrogens is 312 g/mol. The Balaban J connectivity index is 2.17. The van der Waals surface area contributed by atoms with Gasteiger partial charge in [-0.15, -0.1) is 0 Å². The molecule has 2 rings (SSSR count). The van der Waals surface area contributed by atoms with E-state index < -0.39 is 4.92 Å². The van der Waals surface area contributed by atoms with Gasteiger partial charge in [-0.05, 0) is 42.8 Å². The predicted octanol–water partition coefficient (Wildman–Crippen LogP) is 2.67. The van der Waals surface area contributed by atoms with Gasteiger partial charge in [-0.1, -0.05) is 6.07 Å². The van der Waals surface area contributed by atoms with Gasteiger partial charge in [0.25, 0.3) is 5.69 Å². The maximum Gasteiger partial charge on any atom is 0.292 e. The Morgan fingerprint density at radius 2 is 1.96 bits per heavy atom. The van der Waals surface area contributed by atoms with Crippen molar-refractivity contribution in [3.05, 3.63) is 58.1 Å². The second-order valence-corrected chi connectivity index (χ2v) is 5.12. The van der Waals surface area contributed by atoms with Crippen molar-refractivity contribution in [2.75, 3.05) is 12.4 Å². The number of nitrogens with two attached hydrogens (primary N) is 1. The minimum atomic E-state index is -0.418. The van der Waals surface area contributed by atoms with Crippen LogP contribution in [0.2, 0.25) is 0 Å². The van der Waals surface area contributed by atoms with Gasteiger partial charge in [0, 0.05) is 18.3 Å². The number of hydrogen-bond donors (Lipinski definition) is 3. The van der Waals surface area contributed by atoms with Crippen molar-refractivity contribution in [2.45, 2.75) is 19.7 Å². The quantitative estimate of drug-likeness (QED) is 0.387. The van der Waals surface area contributed by atoms with Crippen molar-refractivity contribution >= 4 is 17.1 Å². The molecule has 1 atom stereocenters. The van der Waals surface area contributed by atoms with Gasteiger partial charge in [-0.3, -0.25) is 20.3 Å². The van der Waals surface area contributed by atoms with E-state index in [9.17, 15) is 10.1 Å². The number of nitrogens with zero attached hydrogens (tertiary/aromatic N) is 1. The Morgan fingerprint density at radius 1 is 1.25 bits per heavy atom. The lowest BCUT2D eigenvalue weighted by molar-refractivity contribution is -0.384. The van der Waals surface area contributed by atoms with Gasteiger partial charge in [0.15, 0.2) is 0 Å². The van der Waals surface area contributed by atoms with Crippen molar-refractivity contribution in [3.8, 4) is 5.75 Å². The molecule has 0 spiro atoms. The zero-order chi connectivity index (χ0) is 17.5. The van der Waals surface area contributed by atoms with E-state index in [0.29, 0.717) is 18.0 Å². The highest BCUT2D eigenvalue weighted by molar-refractivity contribution is 5.70. The third-order valence-corrected chi connectivity index (χ3v) is 3.43. The Hall–Kier alpha value is -2.68. The summed E-state index contributed by atoms with van der Waals surface area (Å²) in [7, 11) is 1.58. The number of ether oxygens (including phenoxy) is 1. The first-order valence-electron chi connectivity index (χ1n) is 7.31. The Labute approximate surface area is 139 Å². The molecule has 4 N–H and O–H groups in total. The number of nitrogens with one attached hydrogen (secondary N) is 2. The fourth-order valence-corrected chi connectivity index (χ4v) is 2.08. The molecule has 24 heavy (non-hydrogen) atoms. The van der Waals surface area contributed by atoms with Crippen molar-refractivity contribution in [3.63, 3.8) is 0 Å². The van der Waals surface area contributed by atoms with Crippen LogP contribution in [0, 0.1) is 10.1 Å². The molecule has 0 heterocycles. The number of anilines is 2. The van der Waals surface area contributed by atoms with E-state index in [0.717, 1.165) is 11.3 Å². The minimum Gasteiger partial charge on any atom is -0.497 e. The largest absolute Gasteiger partial charge is 0.497 e. The molecule has 8 heteroatoms. The molecule has 0 saturated carbocycles. The van der Waals surface area contributed by atoms with E-state index in [4.69, 9.17) is 10.6 Å². The Kier molecular flexibility index (Phi) is 6.07. The average Bonchev–Trinajstić information content (AvgIpc) is 2.60. The van der Waals surface area contributed by atoms with Crippen LogP contribution in [0.5, 0.6) is 5.75 Å². The van der Waals surface area contributed by atoms with E-state index in [1.54, 1.807) is 50.4 Å². The lowest BCUT2D eigenvalue weighted by Gasteiger charge is -2.12. The fraction of sp³-hybridized carbons (Fsp3) is 0.250. The molecule has 0 aliphatic carbocycles. The van der Waals surface area contributed by atoms with Gasteiger partial charge in [-0.25, -0.2) is 5.90 Å². The van der Waals surface area contributed by atoms with E-state index >= 15 is 0 Å². The molecule has 0 fully saturated rings. The summed E-state index contributed by atoms with van der Waals surface area (Å²) in [6.45, 7) is 2.15. The number of benzene rings is 2. The molecule has 0 aliphatic rings. The van der Waals surface area contributed by atoms with Crippen LogP contribution in [0.1, 0.15) is 12.5 Å². The third-order valence-electron chi connectivity index (χ3n) is 3.43. The van der Waals surface area contributed by atoms with Crippen LogP contribution in [0.3, 0.4) is 0 Å². The van der Waals surface area contributed by atoms with Gasteiger partial charge in [0.05, 0.1) is 12.0 Å². The van der Waals surface area contributed by atoms with Gasteiger partial charge >= 0.3 is 0 Å². The molecule has 8 nitrogen and oxygen atoms in total. The average molecular weight is 332 g/mol.